The Morgan fingerprint density at radius 3 is 2.78 bits per heavy atom. The molecule has 2 heterocycles. The number of rotatable bonds is 6. The number of nitrogens with zero attached hydrogens (tertiary/aromatic N) is 3. The van der Waals surface area contributed by atoms with Crippen molar-refractivity contribution < 1.29 is 19.1 Å². The van der Waals surface area contributed by atoms with Crippen molar-refractivity contribution in [3.05, 3.63) is 41.7 Å². The van der Waals surface area contributed by atoms with E-state index in [1.54, 1.807) is 20.1 Å². The fourth-order valence-corrected chi connectivity index (χ4v) is 2.03. The standard InChI is InChI=1S/C15H17FN4O3/c1-9-14(23-4-3-22-2)12(6-13(19-9)15(17)20-21)10-5-11(16)8-18-7-10/h5-8,21H,3-4H2,1-2H3,(H2,17,20). The van der Waals surface area contributed by atoms with Gasteiger partial charge in [0.25, 0.3) is 0 Å². The number of aromatic nitrogens is 2. The lowest BCUT2D eigenvalue weighted by atomic mass is 10.0. The Morgan fingerprint density at radius 1 is 1.35 bits per heavy atom. The number of halogens is 1. The smallest absolute Gasteiger partial charge is 0.188 e. The van der Waals surface area contributed by atoms with Crippen molar-refractivity contribution in [3.8, 4) is 16.9 Å². The molecular formula is C15H17FN4O3. The summed E-state index contributed by atoms with van der Waals surface area (Å²) in [6.45, 7) is 2.41. The second-order valence-electron chi connectivity index (χ2n) is 4.69. The second-order valence-corrected chi connectivity index (χ2v) is 4.69. The van der Waals surface area contributed by atoms with E-state index >= 15 is 0 Å². The lowest BCUT2D eigenvalue weighted by molar-refractivity contribution is 0.146. The van der Waals surface area contributed by atoms with Gasteiger partial charge in [-0.2, -0.15) is 0 Å². The van der Waals surface area contributed by atoms with Crippen LogP contribution in [0.1, 0.15) is 11.4 Å². The molecule has 0 atom stereocenters. The van der Waals surface area contributed by atoms with Gasteiger partial charge in [-0.1, -0.05) is 5.16 Å². The van der Waals surface area contributed by atoms with Crippen LogP contribution in [-0.4, -0.2) is 41.3 Å². The van der Waals surface area contributed by atoms with Gasteiger partial charge in [0.05, 0.1) is 18.5 Å². The van der Waals surface area contributed by atoms with Crippen LogP contribution < -0.4 is 10.5 Å². The Bertz CT molecular complexity index is 722. The van der Waals surface area contributed by atoms with E-state index in [1.807, 2.05) is 0 Å². The molecule has 0 aliphatic heterocycles. The summed E-state index contributed by atoms with van der Waals surface area (Å²) in [6, 6.07) is 2.88. The first-order chi connectivity index (χ1) is 11.1. The summed E-state index contributed by atoms with van der Waals surface area (Å²) < 4.78 is 24.1. The van der Waals surface area contributed by atoms with Crippen LogP contribution in [0.5, 0.6) is 5.75 Å². The van der Waals surface area contributed by atoms with Crippen molar-refractivity contribution in [1.29, 1.82) is 0 Å². The Labute approximate surface area is 132 Å². The normalized spacial score (nSPS) is 11.5. The molecule has 0 spiro atoms. The van der Waals surface area contributed by atoms with Crippen LogP contribution in [-0.2, 0) is 4.74 Å². The molecule has 0 fully saturated rings. The first-order valence-electron chi connectivity index (χ1n) is 6.79. The summed E-state index contributed by atoms with van der Waals surface area (Å²) in [5.41, 5.74) is 7.41. The van der Waals surface area contributed by atoms with Crippen molar-refractivity contribution in [2.45, 2.75) is 6.92 Å². The van der Waals surface area contributed by atoms with Gasteiger partial charge >= 0.3 is 0 Å². The van der Waals surface area contributed by atoms with Gasteiger partial charge in [-0.3, -0.25) is 4.98 Å². The average molecular weight is 320 g/mol. The minimum absolute atomic E-state index is 0.151. The maximum absolute atomic E-state index is 13.5. The number of nitrogens with two attached hydrogens (primary N) is 1. The second kappa shape index (κ2) is 7.50. The third-order valence-electron chi connectivity index (χ3n) is 3.06. The third-order valence-corrected chi connectivity index (χ3v) is 3.06. The molecule has 8 heteroatoms. The Morgan fingerprint density at radius 2 is 2.13 bits per heavy atom. The van der Waals surface area contributed by atoms with Gasteiger partial charge in [0.1, 0.15) is 23.9 Å². The summed E-state index contributed by atoms with van der Waals surface area (Å²) in [7, 11) is 1.56. The van der Waals surface area contributed by atoms with Crippen LogP contribution in [0.15, 0.2) is 29.7 Å². The van der Waals surface area contributed by atoms with Crippen LogP contribution in [0.25, 0.3) is 11.1 Å². The third kappa shape index (κ3) is 3.92. The van der Waals surface area contributed by atoms with Gasteiger partial charge in [-0.15, -0.1) is 0 Å². The SMILES string of the molecule is COCCOc1c(-c2cncc(F)c2)cc(/C(N)=N/O)nc1C. The first-order valence-corrected chi connectivity index (χ1v) is 6.79. The zero-order chi connectivity index (χ0) is 16.8. The molecule has 122 valence electrons. The van der Waals surface area contributed by atoms with Crippen molar-refractivity contribution >= 4 is 5.84 Å². The van der Waals surface area contributed by atoms with Gasteiger partial charge in [-0.25, -0.2) is 9.37 Å². The molecule has 7 nitrogen and oxygen atoms in total. The fraction of sp³-hybridized carbons (Fsp3) is 0.267. The summed E-state index contributed by atoms with van der Waals surface area (Å²) in [6.07, 6.45) is 2.60. The molecule has 2 rings (SSSR count). The number of amidine groups is 1. The zero-order valence-electron chi connectivity index (χ0n) is 12.8. The molecule has 0 unspecified atom stereocenters. The summed E-state index contributed by atoms with van der Waals surface area (Å²) >= 11 is 0. The minimum Gasteiger partial charge on any atom is -0.489 e. The van der Waals surface area contributed by atoms with E-state index in [1.165, 1.54) is 12.3 Å². The van der Waals surface area contributed by atoms with E-state index in [0.29, 0.717) is 35.8 Å². The van der Waals surface area contributed by atoms with Crippen molar-refractivity contribution in [1.82, 2.24) is 9.97 Å². The van der Waals surface area contributed by atoms with Crippen molar-refractivity contribution in [2.75, 3.05) is 20.3 Å². The molecular weight excluding hydrogens is 303 g/mol. The van der Waals surface area contributed by atoms with Gasteiger partial charge in [0.15, 0.2) is 5.84 Å². The molecule has 23 heavy (non-hydrogen) atoms. The molecule has 2 aromatic heterocycles. The van der Waals surface area contributed by atoms with E-state index < -0.39 is 5.82 Å². The molecule has 0 saturated heterocycles. The molecule has 0 aliphatic rings. The van der Waals surface area contributed by atoms with E-state index in [0.717, 1.165) is 6.20 Å². The molecule has 0 aliphatic carbocycles. The predicted octanol–water partition coefficient (Wildman–Crippen LogP) is 1.71. The number of hydrogen-bond donors (Lipinski definition) is 2. The van der Waals surface area contributed by atoms with Crippen LogP contribution in [0, 0.1) is 12.7 Å². The van der Waals surface area contributed by atoms with E-state index in [-0.39, 0.29) is 11.5 Å². The number of pyridine rings is 2. The highest BCUT2D eigenvalue weighted by atomic mass is 19.1. The summed E-state index contributed by atoms with van der Waals surface area (Å²) in [4.78, 5) is 8.07. The van der Waals surface area contributed by atoms with Crippen LogP contribution in [0.3, 0.4) is 0 Å². The monoisotopic (exact) mass is 320 g/mol. The maximum atomic E-state index is 13.5. The molecule has 0 radical (unpaired) electrons. The lowest BCUT2D eigenvalue weighted by Gasteiger charge is -2.15. The van der Waals surface area contributed by atoms with Gasteiger partial charge < -0.3 is 20.4 Å². The summed E-state index contributed by atoms with van der Waals surface area (Å²) in [5.74, 6) is -0.170. The predicted molar refractivity (Wildman–Crippen MR) is 82.0 cm³/mol. The maximum Gasteiger partial charge on any atom is 0.188 e. The highest BCUT2D eigenvalue weighted by Crippen LogP contribution is 2.33. The lowest BCUT2D eigenvalue weighted by Crippen LogP contribution is -2.16. The van der Waals surface area contributed by atoms with Gasteiger partial charge in [0, 0.05) is 24.4 Å². The topological polar surface area (TPSA) is 103 Å². The quantitative estimate of drug-likeness (QED) is 0.276. The molecule has 2 aromatic rings. The van der Waals surface area contributed by atoms with E-state index in [9.17, 15) is 4.39 Å². The van der Waals surface area contributed by atoms with Crippen molar-refractivity contribution in [3.63, 3.8) is 0 Å². The average Bonchev–Trinajstić information content (AvgIpc) is 2.55. The minimum atomic E-state index is -0.481. The number of aryl methyl sites for hydroxylation is 1. The number of ether oxygens (including phenoxy) is 2. The Kier molecular flexibility index (Phi) is 5.42. The van der Waals surface area contributed by atoms with Crippen molar-refractivity contribution in [2.24, 2.45) is 10.9 Å². The van der Waals surface area contributed by atoms with Gasteiger partial charge in [-0.05, 0) is 19.1 Å². The molecule has 0 amide bonds. The summed E-state index contributed by atoms with van der Waals surface area (Å²) in [5, 5.41) is 11.8. The number of hydrogen-bond acceptors (Lipinski definition) is 6. The molecule has 0 aromatic carbocycles. The first kappa shape index (κ1) is 16.6. The zero-order valence-corrected chi connectivity index (χ0v) is 12.8. The largest absolute Gasteiger partial charge is 0.489 e. The van der Waals surface area contributed by atoms with Crippen LogP contribution in [0.4, 0.5) is 4.39 Å². The Balaban J connectivity index is 2.56. The fourth-order valence-electron chi connectivity index (χ4n) is 2.03. The Hall–Kier alpha value is -2.74. The number of oxime groups is 1. The van der Waals surface area contributed by atoms with Crippen LogP contribution >= 0.6 is 0 Å². The van der Waals surface area contributed by atoms with Crippen LogP contribution in [0.2, 0.25) is 0 Å². The van der Waals surface area contributed by atoms with E-state index in [2.05, 4.69) is 15.1 Å². The number of methoxy groups -OCH3 is 1. The molecule has 0 saturated carbocycles. The molecule has 0 bridgehead atoms. The van der Waals surface area contributed by atoms with Gasteiger partial charge in [0.2, 0.25) is 0 Å². The molecule has 3 N–H and O–H groups in total. The highest BCUT2D eigenvalue weighted by molar-refractivity contribution is 5.96. The highest BCUT2D eigenvalue weighted by Gasteiger charge is 2.16. The van der Waals surface area contributed by atoms with E-state index in [4.69, 9.17) is 20.4 Å².